The van der Waals surface area contributed by atoms with E-state index in [9.17, 15) is 9.59 Å². The van der Waals surface area contributed by atoms with Crippen molar-refractivity contribution < 1.29 is 14.3 Å². The number of rotatable bonds is 5. The van der Waals surface area contributed by atoms with Gasteiger partial charge in [-0.05, 0) is 51.3 Å². The van der Waals surface area contributed by atoms with Gasteiger partial charge < -0.3 is 15.0 Å². The normalized spacial score (nSPS) is 10.8. The molecule has 1 aromatic rings. The van der Waals surface area contributed by atoms with Gasteiger partial charge >= 0.3 is 12.1 Å². The Kier molecular flexibility index (Phi) is 6.88. The van der Waals surface area contributed by atoms with Crippen LogP contribution in [0.25, 0.3) is 0 Å². The van der Waals surface area contributed by atoms with Gasteiger partial charge in [-0.2, -0.15) is 0 Å². The fourth-order valence-corrected chi connectivity index (χ4v) is 1.82. The van der Waals surface area contributed by atoms with Crippen molar-refractivity contribution in [2.24, 2.45) is 0 Å². The predicted molar refractivity (Wildman–Crippen MR) is 91.7 cm³/mol. The molecule has 0 saturated heterocycles. The van der Waals surface area contributed by atoms with Gasteiger partial charge in [-0.15, -0.1) is 0 Å². The van der Waals surface area contributed by atoms with Gasteiger partial charge in [0.25, 0.3) is 0 Å². The number of nitrogens with zero attached hydrogens (tertiary/aromatic N) is 1. The molecule has 3 amide bonds. The predicted octanol–water partition coefficient (Wildman–Crippen LogP) is 3.24. The van der Waals surface area contributed by atoms with Gasteiger partial charge in [-0.3, -0.25) is 5.32 Å². The molecule has 0 saturated carbocycles. The number of benzene rings is 1. The standard InChI is InChI=1S/C17H27N3O3/c1-17(2,3)23-16(22)19-14-10-8-13(9-11-14)7-6-12-18-15(21)20(4)5/h8-11H,6-7,12H2,1-5H3,(H,18,21)(H,19,22). The second-order valence-electron chi connectivity index (χ2n) is 6.55. The molecule has 0 aliphatic heterocycles. The van der Waals surface area contributed by atoms with E-state index in [-0.39, 0.29) is 6.03 Å². The van der Waals surface area contributed by atoms with Gasteiger partial charge in [0.15, 0.2) is 0 Å². The van der Waals surface area contributed by atoms with E-state index in [0.29, 0.717) is 12.2 Å². The van der Waals surface area contributed by atoms with Crippen molar-refractivity contribution in [3.63, 3.8) is 0 Å². The van der Waals surface area contributed by atoms with E-state index in [1.54, 1.807) is 14.1 Å². The summed E-state index contributed by atoms with van der Waals surface area (Å²) in [7, 11) is 3.43. The van der Waals surface area contributed by atoms with Crippen LogP contribution < -0.4 is 10.6 Å². The first-order valence-electron chi connectivity index (χ1n) is 7.71. The topological polar surface area (TPSA) is 70.7 Å². The van der Waals surface area contributed by atoms with Crippen LogP contribution in [0.2, 0.25) is 0 Å². The zero-order valence-electron chi connectivity index (χ0n) is 14.6. The zero-order chi connectivity index (χ0) is 17.5. The Morgan fingerprint density at radius 1 is 1.13 bits per heavy atom. The van der Waals surface area contributed by atoms with E-state index in [2.05, 4.69) is 10.6 Å². The summed E-state index contributed by atoms with van der Waals surface area (Å²) in [6, 6.07) is 7.53. The maximum Gasteiger partial charge on any atom is 0.412 e. The molecule has 0 atom stereocenters. The van der Waals surface area contributed by atoms with E-state index in [1.807, 2.05) is 45.0 Å². The Morgan fingerprint density at radius 3 is 2.26 bits per heavy atom. The molecular weight excluding hydrogens is 294 g/mol. The van der Waals surface area contributed by atoms with E-state index in [0.717, 1.165) is 18.4 Å². The molecule has 0 spiro atoms. The SMILES string of the molecule is CN(C)C(=O)NCCCc1ccc(NC(=O)OC(C)(C)C)cc1. The number of hydrogen-bond acceptors (Lipinski definition) is 3. The average molecular weight is 321 g/mol. The first-order valence-corrected chi connectivity index (χ1v) is 7.71. The van der Waals surface area contributed by atoms with Gasteiger partial charge in [0.2, 0.25) is 0 Å². The van der Waals surface area contributed by atoms with Crippen LogP contribution in [-0.2, 0) is 11.2 Å². The number of urea groups is 1. The third-order valence-electron chi connectivity index (χ3n) is 2.92. The molecule has 0 heterocycles. The van der Waals surface area contributed by atoms with Crippen molar-refractivity contribution in [1.29, 1.82) is 0 Å². The molecule has 23 heavy (non-hydrogen) atoms. The number of anilines is 1. The highest BCUT2D eigenvalue weighted by molar-refractivity contribution is 5.84. The maximum atomic E-state index is 11.7. The monoisotopic (exact) mass is 321 g/mol. The van der Waals surface area contributed by atoms with Crippen LogP contribution in [0.15, 0.2) is 24.3 Å². The van der Waals surface area contributed by atoms with Gasteiger partial charge in [-0.1, -0.05) is 12.1 Å². The molecule has 0 fully saturated rings. The number of ether oxygens (including phenoxy) is 1. The Hall–Kier alpha value is -2.24. The highest BCUT2D eigenvalue weighted by Gasteiger charge is 2.16. The Morgan fingerprint density at radius 2 is 1.74 bits per heavy atom. The van der Waals surface area contributed by atoms with Crippen LogP contribution in [0, 0.1) is 0 Å². The number of carbonyl (C=O) groups excluding carboxylic acids is 2. The minimum Gasteiger partial charge on any atom is -0.444 e. The first-order chi connectivity index (χ1) is 10.7. The van der Waals surface area contributed by atoms with Crippen molar-refractivity contribution in [3.05, 3.63) is 29.8 Å². The highest BCUT2D eigenvalue weighted by Crippen LogP contribution is 2.13. The largest absolute Gasteiger partial charge is 0.444 e. The van der Waals surface area contributed by atoms with Crippen LogP contribution >= 0.6 is 0 Å². The Balaban J connectivity index is 2.36. The summed E-state index contributed by atoms with van der Waals surface area (Å²) >= 11 is 0. The van der Waals surface area contributed by atoms with E-state index < -0.39 is 11.7 Å². The maximum absolute atomic E-state index is 11.7. The summed E-state index contributed by atoms with van der Waals surface area (Å²) in [6.07, 6.45) is 1.26. The molecule has 6 nitrogen and oxygen atoms in total. The molecule has 6 heteroatoms. The molecule has 1 aromatic carbocycles. The average Bonchev–Trinajstić information content (AvgIpc) is 2.42. The number of nitrogens with one attached hydrogen (secondary N) is 2. The molecule has 0 bridgehead atoms. The van der Waals surface area contributed by atoms with Gasteiger partial charge in [0.1, 0.15) is 5.60 Å². The zero-order valence-corrected chi connectivity index (χ0v) is 14.6. The number of amides is 3. The third kappa shape index (κ3) is 8.09. The van der Waals surface area contributed by atoms with Crippen molar-refractivity contribution in [3.8, 4) is 0 Å². The molecule has 0 unspecified atom stereocenters. The molecule has 0 aliphatic carbocycles. The first kappa shape index (κ1) is 18.8. The lowest BCUT2D eigenvalue weighted by Gasteiger charge is -2.19. The molecule has 0 aromatic heterocycles. The minimum atomic E-state index is -0.513. The van der Waals surface area contributed by atoms with Crippen LogP contribution in [0.1, 0.15) is 32.8 Å². The van der Waals surface area contributed by atoms with Crippen LogP contribution in [0.4, 0.5) is 15.3 Å². The Labute approximate surface area is 138 Å². The van der Waals surface area contributed by atoms with Gasteiger partial charge in [-0.25, -0.2) is 9.59 Å². The summed E-state index contributed by atoms with van der Waals surface area (Å²) in [5.74, 6) is 0. The third-order valence-corrected chi connectivity index (χ3v) is 2.92. The summed E-state index contributed by atoms with van der Waals surface area (Å²) in [5, 5.41) is 5.52. The quantitative estimate of drug-likeness (QED) is 0.818. The number of hydrogen-bond donors (Lipinski definition) is 2. The number of carbonyl (C=O) groups is 2. The summed E-state index contributed by atoms with van der Waals surface area (Å²) < 4.78 is 5.20. The Bertz CT molecular complexity index is 519. The smallest absolute Gasteiger partial charge is 0.412 e. The van der Waals surface area contributed by atoms with Crippen LogP contribution in [0.3, 0.4) is 0 Å². The number of aryl methyl sites for hydroxylation is 1. The molecule has 0 radical (unpaired) electrons. The van der Waals surface area contributed by atoms with E-state index in [4.69, 9.17) is 4.74 Å². The van der Waals surface area contributed by atoms with Crippen molar-refractivity contribution in [1.82, 2.24) is 10.2 Å². The van der Waals surface area contributed by atoms with Crippen LogP contribution in [-0.4, -0.2) is 43.3 Å². The second kappa shape index (κ2) is 8.41. The molecule has 0 aliphatic rings. The highest BCUT2D eigenvalue weighted by atomic mass is 16.6. The van der Waals surface area contributed by atoms with Gasteiger partial charge in [0.05, 0.1) is 0 Å². The van der Waals surface area contributed by atoms with Crippen LogP contribution in [0.5, 0.6) is 0 Å². The van der Waals surface area contributed by atoms with Crippen molar-refractivity contribution >= 4 is 17.8 Å². The summed E-state index contributed by atoms with van der Waals surface area (Å²) in [6.45, 7) is 6.11. The molecular formula is C17H27N3O3. The second-order valence-corrected chi connectivity index (χ2v) is 6.55. The fourth-order valence-electron chi connectivity index (χ4n) is 1.82. The van der Waals surface area contributed by atoms with Gasteiger partial charge in [0, 0.05) is 26.3 Å². The molecule has 1 rings (SSSR count). The van der Waals surface area contributed by atoms with Crippen molar-refractivity contribution in [2.45, 2.75) is 39.2 Å². The van der Waals surface area contributed by atoms with Crippen molar-refractivity contribution in [2.75, 3.05) is 26.0 Å². The van der Waals surface area contributed by atoms with E-state index in [1.165, 1.54) is 4.90 Å². The summed E-state index contributed by atoms with van der Waals surface area (Å²) in [5.41, 5.74) is 1.34. The lowest BCUT2D eigenvalue weighted by Crippen LogP contribution is -2.35. The fraction of sp³-hybridized carbons (Fsp3) is 0.529. The van der Waals surface area contributed by atoms with E-state index >= 15 is 0 Å². The lowest BCUT2D eigenvalue weighted by molar-refractivity contribution is 0.0636. The molecule has 2 N–H and O–H groups in total. The summed E-state index contributed by atoms with van der Waals surface area (Å²) in [4.78, 5) is 24.5. The lowest BCUT2D eigenvalue weighted by atomic mass is 10.1. The minimum absolute atomic E-state index is 0.0816. The molecule has 128 valence electrons.